The number of hydrogen-bond donors (Lipinski definition) is 3. The third-order valence-electron chi connectivity index (χ3n) is 2.69. The van der Waals surface area contributed by atoms with Crippen LogP contribution in [0.3, 0.4) is 0 Å². The zero-order valence-corrected chi connectivity index (χ0v) is 9.03. The van der Waals surface area contributed by atoms with E-state index in [1.807, 2.05) is 0 Å². The molecule has 2 rings (SSSR count). The Kier molecular flexibility index (Phi) is 3.05. The summed E-state index contributed by atoms with van der Waals surface area (Å²) in [5, 5.41) is 18.2. The summed E-state index contributed by atoms with van der Waals surface area (Å²) in [7, 11) is 0. The molecule has 0 radical (unpaired) electrons. The van der Waals surface area contributed by atoms with Crippen molar-refractivity contribution in [3.63, 3.8) is 0 Å². The van der Waals surface area contributed by atoms with Gasteiger partial charge in [-0.05, 0) is 6.07 Å². The Morgan fingerprint density at radius 2 is 2.28 bits per heavy atom. The minimum Gasteiger partial charge on any atom is -0.393 e. The summed E-state index contributed by atoms with van der Waals surface area (Å²) in [4.78, 5) is 14.8. The third kappa shape index (κ3) is 1.85. The van der Waals surface area contributed by atoms with E-state index >= 15 is 0 Å². The van der Waals surface area contributed by atoms with Crippen LogP contribution in [-0.4, -0.2) is 44.5 Å². The lowest BCUT2D eigenvalue weighted by molar-refractivity contribution is -0.123. The largest absolute Gasteiger partial charge is 0.393 e. The van der Waals surface area contributed by atoms with Gasteiger partial charge >= 0.3 is 11.6 Å². The van der Waals surface area contributed by atoms with Crippen LogP contribution in [0.1, 0.15) is 6.23 Å². The van der Waals surface area contributed by atoms with E-state index in [1.54, 1.807) is 0 Å². The highest BCUT2D eigenvalue weighted by atomic mass is 19.3. The third-order valence-corrected chi connectivity index (χ3v) is 2.69. The molecular formula is C9H11F2N3O4. The van der Waals surface area contributed by atoms with E-state index in [0.717, 1.165) is 6.20 Å². The first-order valence-electron chi connectivity index (χ1n) is 5.04. The summed E-state index contributed by atoms with van der Waals surface area (Å²) in [5.41, 5.74) is 4.33. The lowest BCUT2D eigenvalue weighted by Crippen LogP contribution is -2.41. The number of nitrogens with zero attached hydrogens (tertiary/aromatic N) is 2. The van der Waals surface area contributed by atoms with Gasteiger partial charge in [-0.3, -0.25) is 4.57 Å². The Hall–Kier alpha value is -1.58. The number of aromatic nitrogens is 2. The Morgan fingerprint density at radius 3 is 2.78 bits per heavy atom. The molecule has 1 aliphatic heterocycles. The zero-order chi connectivity index (χ0) is 13.5. The standard InChI is InChI=1S/C9H11F2N3O4/c10-9(11)4(3-15)18-7(6(9)16)14-2-1-5(12)13-8(14)17/h1-2,4,6-7,15-16H,3H2,(H2,12,13,17)/t4-,6-,7-/m1/s1. The number of hydrogen-bond acceptors (Lipinski definition) is 6. The number of halogens is 2. The minimum atomic E-state index is -3.65. The van der Waals surface area contributed by atoms with E-state index in [9.17, 15) is 18.7 Å². The van der Waals surface area contributed by atoms with Gasteiger partial charge in [0.1, 0.15) is 11.9 Å². The van der Waals surface area contributed by atoms with Gasteiger partial charge in [0.25, 0.3) is 0 Å². The fraction of sp³-hybridized carbons (Fsp3) is 0.556. The molecule has 0 unspecified atom stereocenters. The van der Waals surface area contributed by atoms with Crippen LogP contribution in [0.15, 0.2) is 17.1 Å². The lowest BCUT2D eigenvalue weighted by Gasteiger charge is -2.18. The van der Waals surface area contributed by atoms with E-state index in [2.05, 4.69) is 4.98 Å². The van der Waals surface area contributed by atoms with Crippen LogP contribution >= 0.6 is 0 Å². The number of alkyl halides is 2. The molecule has 1 aliphatic rings. The van der Waals surface area contributed by atoms with Crippen molar-refractivity contribution in [2.45, 2.75) is 24.4 Å². The van der Waals surface area contributed by atoms with Gasteiger partial charge in [0.05, 0.1) is 6.61 Å². The maximum absolute atomic E-state index is 13.5. The fourth-order valence-corrected chi connectivity index (χ4v) is 1.72. The Morgan fingerprint density at radius 1 is 1.61 bits per heavy atom. The van der Waals surface area contributed by atoms with Gasteiger partial charge in [0.15, 0.2) is 12.3 Å². The second kappa shape index (κ2) is 4.26. The molecule has 0 bridgehead atoms. The topological polar surface area (TPSA) is 111 Å². The molecule has 1 fully saturated rings. The summed E-state index contributed by atoms with van der Waals surface area (Å²) in [5.74, 6) is -3.73. The molecular weight excluding hydrogens is 252 g/mol. The Labute approximate surface area is 99.4 Å². The molecule has 2 heterocycles. The molecule has 100 valence electrons. The maximum Gasteiger partial charge on any atom is 0.351 e. The van der Waals surface area contributed by atoms with Crippen molar-refractivity contribution in [3.8, 4) is 0 Å². The number of rotatable bonds is 2. The smallest absolute Gasteiger partial charge is 0.351 e. The van der Waals surface area contributed by atoms with Gasteiger partial charge in [0, 0.05) is 6.20 Å². The number of nitrogens with two attached hydrogens (primary N) is 1. The number of ether oxygens (including phenoxy) is 1. The molecule has 4 N–H and O–H groups in total. The summed E-state index contributed by atoms with van der Waals surface area (Å²) < 4.78 is 32.4. The van der Waals surface area contributed by atoms with Crippen molar-refractivity contribution >= 4 is 5.82 Å². The molecule has 0 aromatic carbocycles. The summed E-state index contributed by atoms with van der Waals surface area (Å²) >= 11 is 0. The molecule has 18 heavy (non-hydrogen) atoms. The molecule has 3 atom stereocenters. The second-order valence-electron chi connectivity index (χ2n) is 3.86. The van der Waals surface area contributed by atoms with E-state index in [4.69, 9.17) is 15.6 Å². The molecule has 0 spiro atoms. The number of aliphatic hydroxyl groups excluding tert-OH is 2. The van der Waals surface area contributed by atoms with Crippen LogP contribution in [0.5, 0.6) is 0 Å². The van der Waals surface area contributed by atoms with Gasteiger partial charge in [-0.2, -0.15) is 4.98 Å². The minimum absolute atomic E-state index is 0.0748. The first kappa shape index (κ1) is 12.9. The molecule has 0 amide bonds. The quantitative estimate of drug-likeness (QED) is 0.612. The van der Waals surface area contributed by atoms with E-state index < -0.39 is 36.7 Å². The van der Waals surface area contributed by atoms with Crippen molar-refractivity contribution in [1.29, 1.82) is 0 Å². The molecule has 1 saturated heterocycles. The monoisotopic (exact) mass is 263 g/mol. The van der Waals surface area contributed by atoms with Crippen molar-refractivity contribution in [2.75, 3.05) is 12.3 Å². The number of anilines is 1. The van der Waals surface area contributed by atoms with Gasteiger partial charge in [-0.25, -0.2) is 13.6 Å². The molecule has 9 heteroatoms. The Balaban J connectivity index is 2.38. The Bertz CT molecular complexity index is 507. The summed E-state index contributed by atoms with van der Waals surface area (Å²) in [6.45, 7) is -0.974. The van der Waals surface area contributed by atoms with Crippen LogP contribution in [0, 0.1) is 0 Å². The molecule has 1 aromatic heterocycles. The highest BCUT2D eigenvalue weighted by molar-refractivity contribution is 5.23. The van der Waals surface area contributed by atoms with E-state index in [0.29, 0.717) is 4.57 Å². The van der Waals surface area contributed by atoms with Crippen molar-refractivity contribution in [2.24, 2.45) is 0 Å². The highest BCUT2D eigenvalue weighted by Gasteiger charge is 2.59. The predicted octanol–water partition coefficient (Wildman–Crippen LogP) is -1.29. The van der Waals surface area contributed by atoms with Crippen LogP contribution < -0.4 is 11.4 Å². The van der Waals surface area contributed by atoms with E-state index in [-0.39, 0.29) is 5.82 Å². The van der Waals surface area contributed by atoms with Gasteiger partial charge in [0.2, 0.25) is 0 Å². The first-order chi connectivity index (χ1) is 8.37. The van der Waals surface area contributed by atoms with Crippen LogP contribution in [0.25, 0.3) is 0 Å². The summed E-state index contributed by atoms with van der Waals surface area (Å²) in [6.07, 6.45) is -4.65. The van der Waals surface area contributed by atoms with Crippen LogP contribution in [0.4, 0.5) is 14.6 Å². The highest BCUT2D eigenvalue weighted by Crippen LogP contribution is 2.40. The van der Waals surface area contributed by atoms with Gasteiger partial charge < -0.3 is 20.7 Å². The normalized spacial score (nSPS) is 30.6. The van der Waals surface area contributed by atoms with Gasteiger partial charge in [-0.1, -0.05) is 0 Å². The SMILES string of the molecule is Nc1ccn([C@@H]2O[C@H](CO)C(F)(F)[C@@H]2O)c(=O)n1. The average Bonchev–Trinajstić information content (AvgIpc) is 2.52. The van der Waals surface area contributed by atoms with E-state index in [1.165, 1.54) is 6.07 Å². The van der Waals surface area contributed by atoms with Gasteiger partial charge in [-0.15, -0.1) is 0 Å². The van der Waals surface area contributed by atoms with Crippen molar-refractivity contribution in [3.05, 3.63) is 22.7 Å². The summed E-state index contributed by atoms with van der Waals surface area (Å²) in [6, 6.07) is 1.21. The molecule has 0 saturated carbocycles. The number of nitrogen functional groups attached to an aromatic ring is 1. The lowest BCUT2D eigenvalue weighted by atomic mass is 10.1. The average molecular weight is 263 g/mol. The molecule has 1 aromatic rings. The first-order valence-corrected chi connectivity index (χ1v) is 5.04. The van der Waals surface area contributed by atoms with Crippen LogP contribution in [0.2, 0.25) is 0 Å². The van der Waals surface area contributed by atoms with Crippen molar-refractivity contribution < 1.29 is 23.7 Å². The molecule has 7 nitrogen and oxygen atoms in total. The second-order valence-corrected chi connectivity index (χ2v) is 3.86. The number of aliphatic hydroxyl groups is 2. The predicted molar refractivity (Wildman–Crippen MR) is 54.9 cm³/mol. The fourth-order valence-electron chi connectivity index (χ4n) is 1.72. The van der Waals surface area contributed by atoms with Crippen LogP contribution in [-0.2, 0) is 4.74 Å². The van der Waals surface area contributed by atoms with Crippen molar-refractivity contribution in [1.82, 2.24) is 9.55 Å². The zero-order valence-electron chi connectivity index (χ0n) is 9.03. The maximum atomic E-state index is 13.5. The molecule has 0 aliphatic carbocycles.